The minimum absolute atomic E-state index is 0.163. The van der Waals surface area contributed by atoms with Gasteiger partial charge in [0.2, 0.25) is 5.91 Å². The molecule has 1 aromatic carbocycles. The average Bonchev–Trinajstić information content (AvgIpc) is 3.38. The molecule has 0 radical (unpaired) electrons. The molecule has 2 N–H and O–H groups in total. The summed E-state index contributed by atoms with van der Waals surface area (Å²) < 4.78 is 5.03. The fourth-order valence-electron chi connectivity index (χ4n) is 5.19. The number of piperazine rings is 1. The highest BCUT2D eigenvalue weighted by molar-refractivity contribution is 6.34. The number of imidazole rings is 1. The maximum absolute atomic E-state index is 12.3. The van der Waals surface area contributed by atoms with Crippen LogP contribution in [0.15, 0.2) is 30.5 Å². The Bertz CT molecular complexity index is 1200. The van der Waals surface area contributed by atoms with Gasteiger partial charge >= 0.3 is 0 Å². The number of rotatable bonds is 8. The van der Waals surface area contributed by atoms with Crippen LogP contribution in [0.4, 0.5) is 11.4 Å². The number of halogens is 1. The molecular weight excluding hydrogens is 490 g/mol. The van der Waals surface area contributed by atoms with Gasteiger partial charge in [0.1, 0.15) is 11.3 Å². The van der Waals surface area contributed by atoms with Crippen LogP contribution in [0.3, 0.4) is 0 Å². The van der Waals surface area contributed by atoms with Crippen LogP contribution in [-0.4, -0.2) is 96.2 Å². The molecule has 0 spiro atoms. The summed E-state index contributed by atoms with van der Waals surface area (Å²) in [7, 11) is 1.62. The predicted octanol–water partition coefficient (Wildman–Crippen LogP) is 3.86. The number of fused-ring (bicyclic) bond motifs is 1. The SMILES string of the molecule is CCN1CCC(Nc2c(Cl)cnc3[nH]c(-c4ccc(N5CCN(C(=O)CCOC)CC5)cc4)nc23)CC1. The number of aromatic amines is 1. The highest BCUT2D eigenvalue weighted by atomic mass is 35.5. The fraction of sp³-hybridized carbons (Fsp3) is 0.519. The molecule has 3 aromatic rings. The molecule has 0 saturated carbocycles. The lowest BCUT2D eigenvalue weighted by Crippen LogP contribution is -2.49. The third-order valence-corrected chi connectivity index (χ3v) is 7.80. The van der Waals surface area contributed by atoms with Gasteiger partial charge in [0.15, 0.2) is 5.65 Å². The molecule has 10 heteroatoms. The van der Waals surface area contributed by atoms with Gasteiger partial charge in [-0.05, 0) is 43.7 Å². The smallest absolute Gasteiger partial charge is 0.225 e. The van der Waals surface area contributed by atoms with Crippen molar-refractivity contribution in [3.05, 3.63) is 35.5 Å². The Hall–Kier alpha value is -2.88. The van der Waals surface area contributed by atoms with E-state index in [1.807, 2.05) is 4.90 Å². The summed E-state index contributed by atoms with van der Waals surface area (Å²) in [5.41, 5.74) is 4.50. The van der Waals surface area contributed by atoms with Crippen LogP contribution in [0, 0.1) is 0 Å². The molecule has 2 saturated heterocycles. The van der Waals surface area contributed by atoms with Crippen molar-refractivity contribution in [2.45, 2.75) is 32.2 Å². The van der Waals surface area contributed by atoms with Crippen molar-refractivity contribution in [2.24, 2.45) is 0 Å². The van der Waals surface area contributed by atoms with Gasteiger partial charge in [-0.15, -0.1) is 0 Å². The van der Waals surface area contributed by atoms with Crippen LogP contribution in [0.5, 0.6) is 0 Å². The summed E-state index contributed by atoms with van der Waals surface area (Å²) in [5.74, 6) is 0.935. The number of nitrogens with zero attached hydrogens (tertiary/aromatic N) is 5. The summed E-state index contributed by atoms with van der Waals surface area (Å²) in [6.07, 6.45) is 4.31. The van der Waals surface area contributed by atoms with E-state index in [1.165, 1.54) is 0 Å². The zero-order valence-corrected chi connectivity index (χ0v) is 22.4. The number of carbonyl (C=O) groups is 1. The largest absolute Gasteiger partial charge is 0.384 e. The average molecular weight is 526 g/mol. The van der Waals surface area contributed by atoms with Gasteiger partial charge in [0.25, 0.3) is 0 Å². The van der Waals surface area contributed by atoms with E-state index in [-0.39, 0.29) is 5.91 Å². The van der Waals surface area contributed by atoms with E-state index in [2.05, 4.69) is 56.3 Å². The Morgan fingerprint density at radius 2 is 1.86 bits per heavy atom. The molecule has 9 nitrogen and oxygen atoms in total. The molecule has 0 unspecified atom stereocenters. The van der Waals surface area contributed by atoms with Gasteiger partial charge in [0, 0.05) is 63.7 Å². The van der Waals surface area contributed by atoms with Crippen LogP contribution in [-0.2, 0) is 9.53 Å². The molecule has 2 aromatic heterocycles. The monoisotopic (exact) mass is 525 g/mol. The Kier molecular flexibility index (Phi) is 8.12. The van der Waals surface area contributed by atoms with Crippen molar-refractivity contribution in [2.75, 3.05) is 69.7 Å². The second kappa shape index (κ2) is 11.7. The van der Waals surface area contributed by atoms with Gasteiger partial charge in [-0.2, -0.15) is 0 Å². The number of hydrogen-bond acceptors (Lipinski definition) is 7. The number of piperidine rings is 1. The number of hydrogen-bond donors (Lipinski definition) is 2. The molecule has 2 aliphatic rings. The van der Waals surface area contributed by atoms with Gasteiger partial charge in [-0.3, -0.25) is 4.79 Å². The zero-order chi connectivity index (χ0) is 25.8. The van der Waals surface area contributed by atoms with E-state index in [4.69, 9.17) is 21.3 Å². The number of nitrogens with one attached hydrogen (secondary N) is 2. The highest BCUT2D eigenvalue weighted by Gasteiger charge is 2.23. The number of H-pyrrole nitrogens is 1. The van der Waals surface area contributed by atoms with Crippen LogP contribution >= 0.6 is 11.6 Å². The Morgan fingerprint density at radius 1 is 1.14 bits per heavy atom. The standard InChI is InChI=1S/C27H36ClN7O2/c1-3-33-11-8-20(9-12-33)30-24-22(28)18-29-27-25(24)31-26(32-27)19-4-6-21(7-5-19)34-13-15-35(16-14-34)23(36)10-17-37-2/h4-7,18,20H,3,8-17H2,1-2H3,(H2,29,30,31,32). The molecule has 2 aliphatic heterocycles. The quantitative estimate of drug-likeness (QED) is 0.461. The van der Waals surface area contributed by atoms with Crippen LogP contribution in [0.25, 0.3) is 22.6 Å². The van der Waals surface area contributed by atoms with Crippen LogP contribution in [0.2, 0.25) is 5.02 Å². The summed E-state index contributed by atoms with van der Waals surface area (Å²) >= 11 is 6.57. The zero-order valence-electron chi connectivity index (χ0n) is 21.7. The van der Waals surface area contributed by atoms with Gasteiger partial charge in [-0.1, -0.05) is 18.5 Å². The number of anilines is 2. The highest BCUT2D eigenvalue weighted by Crippen LogP contribution is 2.32. The molecule has 37 heavy (non-hydrogen) atoms. The number of aromatic nitrogens is 3. The number of methoxy groups -OCH3 is 1. The Labute approximate surface area is 223 Å². The van der Waals surface area contributed by atoms with Gasteiger partial charge in [0.05, 0.1) is 29.9 Å². The van der Waals surface area contributed by atoms with Crippen molar-refractivity contribution >= 4 is 40.0 Å². The summed E-state index contributed by atoms with van der Waals surface area (Å²) in [6.45, 7) is 9.06. The van der Waals surface area contributed by atoms with E-state index in [1.54, 1.807) is 13.3 Å². The third-order valence-electron chi connectivity index (χ3n) is 7.51. The summed E-state index contributed by atoms with van der Waals surface area (Å²) in [6, 6.07) is 8.77. The van der Waals surface area contributed by atoms with Crippen molar-refractivity contribution in [1.29, 1.82) is 0 Å². The lowest BCUT2D eigenvalue weighted by atomic mass is 10.0. The molecule has 4 heterocycles. The molecular formula is C27H36ClN7O2. The Morgan fingerprint density at radius 3 is 2.54 bits per heavy atom. The first-order valence-corrected chi connectivity index (χ1v) is 13.6. The molecule has 1 amide bonds. The number of benzene rings is 1. The number of pyridine rings is 1. The van der Waals surface area contributed by atoms with E-state index < -0.39 is 0 Å². The first-order chi connectivity index (χ1) is 18.1. The van der Waals surface area contributed by atoms with Crippen molar-refractivity contribution < 1.29 is 9.53 Å². The number of likely N-dealkylation sites (tertiary alicyclic amines) is 1. The van der Waals surface area contributed by atoms with Crippen molar-refractivity contribution in [3.8, 4) is 11.4 Å². The predicted molar refractivity (Wildman–Crippen MR) is 148 cm³/mol. The summed E-state index contributed by atoms with van der Waals surface area (Å²) in [5, 5.41) is 4.25. The molecule has 0 aliphatic carbocycles. The minimum atomic E-state index is 0.163. The van der Waals surface area contributed by atoms with E-state index in [0.29, 0.717) is 24.1 Å². The topological polar surface area (TPSA) is 89.6 Å². The van der Waals surface area contributed by atoms with Gasteiger partial charge in [-0.25, -0.2) is 9.97 Å². The molecule has 2 fully saturated rings. The first kappa shape index (κ1) is 25.8. The van der Waals surface area contributed by atoms with Crippen molar-refractivity contribution in [3.63, 3.8) is 0 Å². The lowest BCUT2D eigenvalue weighted by molar-refractivity contribution is -0.132. The second-order valence-electron chi connectivity index (χ2n) is 9.77. The lowest BCUT2D eigenvalue weighted by Gasteiger charge is -2.36. The molecule has 0 bridgehead atoms. The van der Waals surface area contributed by atoms with E-state index in [0.717, 1.165) is 92.6 Å². The number of amides is 1. The van der Waals surface area contributed by atoms with E-state index >= 15 is 0 Å². The van der Waals surface area contributed by atoms with Crippen LogP contribution in [0.1, 0.15) is 26.2 Å². The van der Waals surface area contributed by atoms with Gasteiger partial charge < -0.3 is 29.7 Å². The normalized spacial score (nSPS) is 17.5. The number of ether oxygens (including phenoxy) is 1. The third kappa shape index (κ3) is 5.84. The number of carbonyl (C=O) groups excluding carboxylic acids is 1. The Balaban J connectivity index is 1.26. The summed E-state index contributed by atoms with van der Waals surface area (Å²) in [4.78, 5) is 31.7. The first-order valence-electron chi connectivity index (χ1n) is 13.2. The molecule has 0 atom stereocenters. The molecule has 5 rings (SSSR count). The fourth-order valence-corrected chi connectivity index (χ4v) is 5.39. The van der Waals surface area contributed by atoms with E-state index in [9.17, 15) is 4.79 Å². The minimum Gasteiger partial charge on any atom is -0.384 e. The maximum atomic E-state index is 12.3. The maximum Gasteiger partial charge on any atom is 0.225 e. The van der Waals surface area contributed by atoms with Crippen molar-refractivity contribution in [1.82, 2.24) is 24.8 Å². The molecule has 198 valence electrons. The van der Waals surface area contributed by atoms with Crippen LogP contribution < -0.4 is 10.2 Å². The second-order valence-corrected chi connectivity index (χ2v) is 10.2.